The van der Waals surface area contributed by atoms with Crippen LogP contribution in [-0.2, 0) is 6.42 Å². The highest BCUT2D eigenvalue weighted by atomic mass is 35.5. The molecule has 0 saturated carbocycles. The van der Waals surface area contributed by atoms with Gasteiger partial charge in [0.25, 0.3) is 0 Å². The van der Waals surface area contributed by atoms with Gasteiger partial charge in [0, 0.05) is 15.6 Å². The van der Waals surface area contributed by atoms with E-state index in [2.05, 4.69) is 5.43 Å². The highest BCUT2D eigenvalue weighted by Gasteiger charge is 2.20. The van der Waals surface area contributed by atoms with E-state index in [1.807, 2.05) is 0 Å². The van der Waals surface area contributed by atoms with E-state index in [0.717, 1.165) is 5.56 Å². The molecule has 1 atom stereocenters. The third-order valence-corrected chi connectivity index (χ3v) is 3.78. The van der Waals surface area contributed by atoms with Gasteiger partial charge in [-0.1, -0.05) is 29.3 Å². The van der Waals surface area contributed by atoms with Gasteiger partial charge < -0.3 is 4.74 Å². The number of halogens is 3. The van der Waals surface area contributed by atoms with Gasteiger partial charge in [0.1, 0.15) is 11.6 Å². The van der Waals surface area contributed by atoms with E-state index < -0.39 is 11.9 Å². The number of ether oxygens (including phenoxy) is 1. The Kier molecular flexibility index (Phi) is 5.42. The topological polar surface area (TPSA) is 47.3 Å². The zero-order chi connectivity index (χ0) is 15.4. The fraction of sp³-hybridized carbons (Fsp3) is 0.200. The first-order valence-corrected chi connectivity index (χ1v) is 7.05. The van der Waals surface area contributed by atoms with Crippen LogP contribution in [0.25, 0.3) is 0 Å². The Balaban J connectivity index is 2.38. The lowest BCUT2D eigenvalue weighted by atomic mass is 9.98. The normalized spacial score (nSPS) is 12.2. The van der Waals surface area contributed by atoms with Crippen LogP contribution in [0.2, 0.25) is 10.0 Å². The van der Waals surface area contributed by atoms with E-state index in [-0.39, 0.29) is 0 Å². The third kappa shape index (κ3) is 3.66. The first-order chi connectivity index (χ1) is 10.1. The van der Waals surface area contributed by atoms with Crippen molar-refractivity contribution in [3.8, 4) is 5.75 Å². The number of hydrogen-bond acceptors (Lipinski definition) is 3. The number of rotatable bonds is 5. The number of hydrogen-bond donors (Lipinski definition) is 2. The van der Waals surface area contributed by atoms with Crippen molar-refractivity contribution in [2.45, 2.75) is 12.5 Å². The molecule has 21 heavy (non-hydrogen) atoms. The quantitative estimate of drug-likeness (QED) is 0.646. The van der Waals surface area contributed by atoms with Crippen LogP contribution < -0.4 is 16.0 Å². The molecule has 0 fully saturated rings. The van der Waals surface area contributed by atoms with Crippen molar-refractivity contribution in [3.05, 3.63) is 63.4 Å². The van der Waals surface area contributed by atoms with Crippen molar-refractivity contribution in [2.24, 2.45) is 5.84 Å². The Hall–Kier alpha value is -1.33. The molecule has 1 unspecified atom stereocenters. The van der Waals surface area contributed by atoms with E-state index in [4.69, 9.17) is 33.8 Å². The predicted octanol–water partition coefficient (Wildman–Crippen LogP) is 3.89. The molecule has 0 heterocycles. The Morgan fingerprint density at radius 3 is 2.67 bits per heavy atom. The van der Waals surface area contributed by atoms with Crippen LogP contribution in [0.3, 0.4) is 0 Å². The summed E-state index contributed by atoms with van der Waals surface area (Å²) in [6.45, 7) is 0. The van der Waals surface area contributed by atoms with E-state index in [0.29, 0.717) is 27.8 Å². The van der Waals surface area contributed by atoms with Crippen LogP contribution in [-0.4, -0.2) is 7.11 Å². The SMILES string of the molecule is COc1ccc(Cl)cc1CC(NN)c1c(F)cccc1Cl. The second kappa shape index (κ2) is 7.09. The van der Waals surface area contributed by atoms with Crippen molar-refractivity contribution in [1.29, 1.82) is 0 Å². The van der Waals surface area contributed by atoms with Gasteiger partial charge in [-0.05, 0) is 42.3 Å². The molecule has 0 aliphatic rings. The zero-order valence-electron chi connectivity index (χ0n) is 11.4. The lowest BCUT2D eigenvalue weighted by Gasteiger charge is -2.20. The average Bonchev–Trinajstić information content (AvgIpc) is 2.46. The Morgan fingerprint density at radius 2 is 2.05 bits per heavy atom. The Morgan fingerprint density at radius 1 is 1.29 bits per heavy atom. The van der Waals surface area contributed by atoms with Crippen LogP contribution >= 0.6 is 23.2 Å². The lowest BCUT2D eigenvalue weighted by Crippen LogP contribution is -2.30. The predicted molar refractivity (Wildman–Crippen MR) is 83.2 cm³/mol. The molecule has 0 aliphatic carbocycles. The molecule has 2 rings (SSSR count). The molecule has 3 nitrogen and oxygen atoms in total. The first-order valence-electron chi connectivity index (χ1n) is 6.29. The minimum absolute atomic E-state index is 0.318. The number of hydrazine groups is 1. The largest absolute Gasteiger partial charge is 0.496 e. The van der Waals surface area contributed by atoms with E-state index in [1.165, 1.54) is 6.07 Å². The highest BCUT2D eigenvalue weighted by Crippen LogP contribution is 2.31. The van der Waals surface area contributed by atoms with Gasteiger partial charge in [0.2, 0.25) is 0 Å². The van der Waals surface area contributed by atoms with Gasteiger partial charge in [-0.15, -0.1) is 0 Å². The Bertz CT molecular complexity index is 617. The zero-order valence-corrected chi connectivity index (χ0v) is 12.9. The molecule has 0 spiro atoms. The number of nitrogens with two attached hydrogens (primary N) is 1. The van der Waals surface area contributed by atoms with Crippen LogP contribution in [0.5, 0.6) is 5.75 Å². The summed E-state index contributed by atoms with van der Waals surface area (Å²) in [5.74, 6) is 5.82. The van der Waals surface area contributed by atoms with Crippen LogP contribution in [0.1, 0.15) is 17.2 Å². The van der Waals surface area contributed by atoms with E-state index in [1.54, 1.807) is 37.4 Å². The van der Waals surface area contributed by atoms with Crippen molar-refractivity contribution in [1.82, 2.24) is 5.43 Å². The summed E-state index contributed by atoms with van der Waals surface area (Å²) in [5.41, 5.74) is 3.73. The average molecular weight is 329 g/mol. The molecule has 2 aromatic carbocycles. The second-order valence-corrected chi connectivity index (χ2v) is 5.36. The van der Waals surface area contributed by atoms with E-state index in [9.17, 15) is 4.39 Å². The van der Waals surface area contributed by atoms with Gasteiger partial charge in [-0.25, -0.2) is 4.39 Å². The van der Waals surface area contributed by atoms with Crippen LogP contribution in [0.15, 0.2) is 36.4 Å². The summed E-state index contributed by atoms with van der Waals surface area (Å²) < 4.78 is 19.3. The monoisotopic (exact) mass is 328 g/mol. The summed E-state index contributed by atoms with van der Waals surface area (Å²) in [5, 5.41) is 0.889. The molecule has 0 amide bonds. The molecule has 0 aromatic heterocycles. The first kappa shape index (κ1) is 16.0. The van der Waals surface area contributed by atoms with Crippen LogP contribution in [0.4, 0.5) is 4.39 Å². The maximum absolute atomic E-state index is 14.0. The fourth-order valence-electron chi connectivity index (χ4n) is 2.21. The van der Waals surface area contributed by atoms with Gasteiger partial charge in [0.05, 0.1) is 13.2 Å². The smallest absolute Gasteiger partial charge is 0.129 e. The third-order valence-electron chi connectivity index (χ3n) is 3.22. The van der Waals surface area contributed by atoms with Crippen LogP contribution in [0, 0.1) is 5.82 Å². The number of methoxy groups -OCH3 is 1. The molecule has 0 saturated heterocycles. The molecule has 2 aromatic rings. The van der Waals surface area contributed by atoms with Crippen molar-refractivity contribution < 1.29 is 9.13 Å². The summed E-state index contributed by atoms with van der Waals surface area (Å²) in [7, 11) is 1.56. The molecule has 112 valence electrons. The number of nitrogens with one attached hydrogen (secondary N) is 1. The van der Waals surface area contributed by atoms with Gasteiger partial charge in [0.15, 0.2) is 0 Å². The highest BCUT2D eigenvalue weighted by molar-refractivity contribution is 6.31. The summed E-state index contributed by atoms with van der Waals surface area (Å²) in [4.78, 5) is 0. The molecule has 0 radical (unpaired) electrons. The molecule has 6 heteroatoms. The van der Waals surface area contributed by atoms with E-state index >= 15 is 0 Å². The minimum atomic E-state index is -0.494. The summed E-state index contributed by atoms with van der Waals surface area (Å²) in [6.07, 6.45) is 0.390. The fourth-order valence-corrected chi connectivity index (χ4v) is 2.70. The van der Waals surface area contributed by atoms with Crippen molar-refractivity contribution in [3.63, 3.8) is 0 Å². The number of benzene rings is 2. The summed E-state index contributed by atoms with van der Waals surface area (Å²) in [6, 6.07) is 9.28. The molecule has 0 bridgehead atoms. The van der Waals surface area contributed by atoms with Crippen molar-refractivity contribution in [2.75, 3.05) is 7.11 Å². The minimum Gasteiger partial charge on any atom is -0.496 e. The molecular weight excluding hydrogens is 314 g/mol. The molecule has 3 N–H and O–H groups in total. The lowest BCUT2D eigenvalue weighted by molar-refractivity contribution is 0.404. The Labute approximate surface area is 132 Å². The molecular formula is C15H15Cl2FN2O. The maximum atomic E-state index is 14.0. The summed E-state index contributed by atoms with van der Waals surface area (Å²) >= 11 is 12.1. The van der Waals surface area contributed by atoms with Gasteiger partial charge in [-0.3, -0.25) is 11.3 Å². The molecule has 0 aliphatic heterocycles. The standard InChI is InChI=1S/C15H15Cl2FN2O/c1-21-14-6-5-10(16)7-9(14)8-13(20-19)15-11(17)3-2-4-12(15)18/h2-7,13,20H,8,19H2,1H3. The van der Waals surface area contributed by atoms with Gasteiger partial charge in [-0.2, -0.15) is 0 Å². The van der Waals surface area contributed by atoms with Crippen molar-refractivity contribution >= 4 is 23.2 Å². The maximum Gasteiger partial charge on any atom is 0.129 e. The second-order valence-electron chi connectivity index (χ2n) is 4.51. The van der Waals surface area contributed by atoms with Gasteiger partial charge >= 0.3 is 0 Å².